The second-order valence-electron chi connectivity index (χ2n) is 17.2. The van der Waals surface area contributed by atoms with E-state index in [1.165, 1.54) is 81.7 Å². The molecule has 0 aliphatic rings. The highest BCUT2D eigenvalue weighted by atomic mass is 32.2. The van der Waals surface area contributed by atoms with E-state index < -0.39 is 70.0 Å². The van der Waals surface area contributed by atoms with Crippen LogP contribution in [0.2, 0.25) is 0 Å². The molecule has 0 radical (unpaired) electrons. The molecular formula is C57H62O18S4. The molecule has 5 rings (SSSR count). The standard InChI is InChI=1S/C57H62O18S4/c1-69-39-15-5-34(6-16-39)8-23-56(67)75-49-25-35(7-21-47(49)71-3)9-24-55(66)73-40-17-10-36(11-18-40)50(27-53(62)63)77-32-44(60)45(61)33-78-51(28-54(64)65)37-12-19-41(20-13-37)74-57(68)29-52(79-31-43(59)42(58)30-76)38-14-22-46(70-2)48(26-38)72-4/h5-26,42-45,50-52,58-61,76H,27-33H2,1-4H3,(H,62,63)(H,64,65)/b23-8+,24-9+. The van der Waals surface area contributed by atoms with Crippen molar-refractivity contribution < 1.29 is 87.8 Å². The van der Waals surface area contributed by atoms with Crippen LogP contribution in [0.4, 0.5) is 0 Å². The average molecular weight is 1160 g/mol. The van der Waals surface area contributed by atoms with Crippen molar-refractivity contribution in [1.29, 1.82) is 0 Å². The van der Waals surface area contributed by atoms with Gasteiger partial charge in [0.25, 0.3) is 0 Å². The zero-order valence-electron chi connectivity index (χ0n) is 43.4. The number of carboxylic acid groups (broad SMARTS) is 2. The number of carbonyl (C=O) groups excluding carboxylic acids is 3. The molecule has 0 aliphatic carbocycles. The first-order valence-corrected chi connectivity index (χ1v) is 28.1. The predicted molar refractivity (Wildman–Crippen MR) is 306 cm³/mol. The summed E-state index contributed by atoms with van der Waals surface area (Å²) in [6, 6.07) is 29.4. The number of hydrogen-bond acceptors (Lipinski definition) is 20. The maximum atomic E-state index is 13.3. The van der Waals surface area contributed by atoms with Crippen LogP contribution in [0.15, 0.2) is 121 Å². The number of carboxylic acids is 2. The molecule has 7 unspecified atom stereocenters. The van der Waals surface area contributed by atoms with Crippen LogP contribution < -0.4 is 33.2 Å². The van der Waals surface area contributed by atoms with Crippen LogP contribution in [-0.4, -0.2) is 136 Å². The molecule has 0 saturated heterocycles. The predicted octanol–water partition coefficient (Wildman–Crippen LogP) is 8.30. The molecule has 79 heavy (non-hydrogen) atoms. The lowest BCUT2D eigenvalue weighted by Gasteiger charge is -2.23. The van der Waals surface area contributed by atoms with Crippen molar-refractivity contribution in [1.82, 2.24) is 0 Å². The normalized spacial score (nSPS) is 14.0. The molecular weight excluding hydrogens is 1100 g/mol. The van der Waals surface area contributed by atoms with Crippen LogP contribution in [0.25, 0.3) is 12.2 Å². The Labute approximate surface area is 475 Å². The zero-order chi connectivity index (χ0) is 57.4. The van der Waals surface area contributed by atoms with Crippen LogP contribution in [0.3, 0.4) is 0 Å². The molecule has 0 spiro atoms. The molecule has 18 nitrogen and oxygen atoms in total. The Balaban J connectivity index is 1.13. The number of carbonyl (C=O) groups is 5. The quantitative estimate of drug-likeness (QED) is 0.00923. The summed E-state index contributed by atoms with van der Waals surface area (Å²) in [5.74, 6) is -1.92. The van der Waals surface area contributed by atoms with Gasteiger partial charge in [-0.1, -0.05) is 48.5 Å². The molecule has 22 heteroatoms. The topological polar surface area (TPSA) is 271 Å². The number of aliphatic carboxylic acids is 2. The number of aliphatic hydroxyl groups is 4. The lowest BCUT2D eigenvalue weighted by atomic mass is 10.1. The Hall–Kier alpha value is -6.63. The highest BCUT2D eigenvalue weighted by Crippen LogP contribution is 2.40. The fourth-order valence-electron chi connectivity index (χ4n) is 7.33. The summed E-state index contributed by atoms with van der Waals surface area (Å²) >= 11 is 7.48. The molecule has 0 aromatic heterocycles. The van der Waals surface area contributed by atoms with E-state index in [-0.39, 0.29) is 65.3 Å². The molecule has 5 aromatic rings. The summed E-state index contributed by atoms with van der Waals surface area (Å²) in [4.78, 5) is 62.6. The van der Waals surface area contributed by atoms with Crippen molar-refractivity contribution in [3.63, 3.8) is 0 Å². The molecule has 0 amide bonds. The summed E-state index contributed by atoms with van der Waals surface area (Å²) in [6.07, 6.45) is -0.163. The lowest BCUT2D eigenvalue weighted by molar-refractivity contribution is -0.138. The number of benzene rings is 5. The van der Waals surface area contributed by atoms with E-state index in [1.807, 2.05) is 0 Å². The lowest BCUT2D eigenvalue weighted by Crippen LogP contribution is -2.31. The van der Waals surface area contributed by atoms with Crippen LogP contribution in [0.1, 0.15) is 62.8 Å². The largest absolute Gasteiger partial charge is 0.497 e. The molecule has 7 atom stereocenters. The maximum absolute atomic E-state index is 13.3. The second kappa shape index (κ2) is 32.4. The minimum Gasteiger partial charge on any atom is -0.497 e. The molecule has 6 N–H and O–H groups in total. The van der Waals surface area contributed by atoms with Crippen molar-refractivity contribution in [3.05, 3.63) is 149 Å². The van der Waals surface area contributed by atoms with Crippen molar-refractivity contribution in [2.24, 2.45) is 0 Å². The van der Waals surface area contributed by atoms with E-state index in [0.717, 1.165) is 29.1 Å². The van der Waals surface area contributed by atoms with Gasteiger partial charge in [0.05, 0.1) is 72.1 Å². The zero-order valence-corrected chi connectivity index (χ0v) is 46.8. The summed E-state index contributed by atoms with van der Waals surface area (Å²) < 4.78 is 37.9. The molecule has 422 valence electrons. The third-order valence-electron chi connectivity index (χ3n) is 11.6. The highest BCUT2D eigenvalue weighted by Gasteiger charge is 2.27. The second-order valence-corrected chi connectivity index (χ2v) is 21.3. The Bertz CT molecular complexity index is 2840. The number of thioether (sulfide) groups is 3. The minimum atomic E-state index is -1.33. The molecule has 0 heterocycles. The Morgan fingerprint density at radius 3 is 1.37 bits per heavy atom. The van der Waals surface area contributed by atoms with Crippen LogP contribution in [0, 0.1) is 0 Å². The molecule has 0 fully saturated rings. The summed E-state index contributed by atoms with van der Waals surface area (Å²) in [5, 5.41) is 60.1. The van der Waals surface area contributed by atoms with Gasteiger partial charge in [-0.05, 0) is 101 Å². The highest BCUT2D eigenvalue weighted by molar-refractivity contribution is 8.00. The average Bonchev–Trinajstić information content (AvgIpc) is 3.45. The van der Waals surface area contributed by atoms with Gasteiger partial charge in [-0.2, -0.15) is 47.9 Å². The Kier molecular flexibility index (Phi) is 26.0. The first-order valence-electron chi connectivity index (χ1n) is 24.3. The fraction of sp³-hybridized carbons (Fsp3) is 0.316. The van der Waals surface area contributed by atoms with Gasteiger partial charge in [-0.25, -0.2) is 9.59 Å². The third-order valence-corrected chi connectivity index (χ3v) is 16.1. The molecule has 0 saturated carbocycles. The van der Waals surface area contributed by atoms with E-state index in [4.69, 9.17) is 33.2 Å². The van der Waals surface area contributed by atoms with Crippen LogP contribution in [-0.2, 0) is 24.0 Å². The number of thiol groups is 1. The monoisotopic (exact) mass is 1160 g/mol. The summed E-state index contributed by atoms with van der Waals surface area (Å²) in [7, 11) is 5.95. The molecule has 5 aromatic carbocycles. The van der Waals surface area contributed by atoms with Crippen molar-refractivity contribution in [2.75, 3.05) is 51.5 Å². The first-order chi connectivity index (χ1) is 37.9. The van der Waals surface area contributed by atoms with Crippen molar-refractivity contribution in [3.8, 4) is 40.2 Å². The number of esters is 3. The number of methoxy groups -OCH3 is 4. The van der Waals surface area contributed by atoms with Gasteiger partial charge in [0, 0.05) is 50.9 Å². The maximum Gasteiger partial charge on any atom is 0.336 e. The minimum absolute atomic E-state index is 0.0441. The van der Waals surface area contributed by atoms with Gasteiger partial charge in [0.2, 0.25) is 0 Å². The summed E-state index contributed by atoms with van der Waals surface area (Å²) in [5.41, 5.74) is 3.03. The Morgan fingerprint density at radius 1 is 0.456 bits per heavy atom. The Morgan fingerprint density at radius 2 is 0.873 bits per heavy atom. The van der Waals surface area contributed by atoms with E-state index in [1.54, 1.807) is 92.0 Å². The number of hydrogen-bond donors (Lipinski definition) is 7. The SMILES string of the molecule is COc1ccc(/C=C/C(=O)Oc2cc(/C=C/C(=O)Oc3ccc(C(CC(=O)O)SCC(O)C(O)CSC(CC(=O)O)c4ccc(OC(=O)CC(SCC(O)C(O)CS)c5ccc(OC)c(OC)c5)cc4)cc3)ccc2OC)cc1. The van der Waals surface area contributed by atoms with Gasteiger partial charge >= 0.3 is 29.8 Å². The van der Waals surface area contributed by atoms with Gasteiger partial charge in [0.15, 0.2) is 23.0 Å². The molecule has 0 bridgehead atoms. The van der Waals surface area contributed by atoms with Gasteiger partial charge < -0.3 is 63.8 Å². The fourth-order valence-corrected chi connectivity index (χ4v) is 11.3. The smallest absolute Gasteiger partial charge is 0.336 e. The third kappa shape index (κ3) is 20.8. The van der Waals surface area contributed by atoms with E-state index >= 15 is 0 Å². The van der Waals surface area contributed by atoms with Crippen LogP contribution >= 0.6 is 47.9 Å². The van der Waals surface area contributed by atoms with Gasteiger partial charge in [-0.3, -0.25) is 14.4 Å². The van der Waals surface area contributed by atoms with E-state index in [0.29, 0.717) is 39.5 Å². The van der Waals surface area contributed by atoms with E-state index in [2.05, 4.69) is 12.6 Å². The van der Waals surface area contributed by atoms with Gasteiger partial charge in [-0.15, -0.1) is 0 Å². The molecule has 0 aliphatic heterocycles. The summed E-state index contributed by atoms with van der Waals surface area (Å²) in [6.45, 7) is 0. The number of ether oxygens (including phenoxy) is 7. The number of rotatable bonds is 32. The number of aliphatic hydroxyl groups excluding tert-OH is 4. The van der Waals surface area contributed by atoms with Crippen LogP contribution in [0.5, 0.6) is 40.2 Å². The van der Waals surface area contributed by atoms with Gasteiger partial charge in [0.1, 0.15) is 17.2 Å². The first kappa shape index (κ1) is 63.2. The van der Waals surface area contributed by atoms with E-state index in [9.17, 15) is 54.6 Å². The van der Waals surface area contributed by atoms with Crippen molar-refractivity contribution >= 4 is 89.9 Å². The van der Waals surface area contributed by atoms with Crippen molar-refractivity contribution in [2.45, 2.75) is 59.4 Å².